The minimum Gasteiger partial charge on any atom is -0.493 e. The zero-order valence-electron chi connectivity index (χ0n) is 19.6. The normalized spacial score (nSPS) is 14.6. The molecule has 1 saturated heterocycles. The van der Waals surface area contributed by atoms with E-state index in [0.717, 1.165) is 39.3 Å². The summed E-state index contributed by atoms with van der Waals surface area (Å²) in [5.41, 5.74) is 4.24. The summed E-state index contributed by atoms with van der Waals surface area (Å²) in [5, 5.41) is -0.228. The number of aryl methyl sites for hydroxylation is 2. The molecule has 3 aromatic carbocycles. The monoisotopic (exact) mass is 599 g/mol. The Morgan fingerprint density at radius 1 is 1.00 bits per heavy atom. The number of halogens is 1. The lowest BCUT2D eigenvalue weighted by atomic mass is 10.1. The first-order valence-corrected chi connectivity index (χ1v) is 13.2. The third-order valence-electron chi connectivity index (χ3n) is 5.62. The van der Waals surface area contributed by atoms with Gasteiger partial charge in [-0.25, -0.2) is 0 Å². The van der Waals surface area contributed by atoms with E-state index >= 15 is 0 Å². The molecule has 35 heavy (non-hydrogen) atoms. The largest absolute Gasteiger partial charge is 0.493 e. The highest BCUT2D eigenvalue weighted by Gasteiger charge is 2.34. The maximum Gasteiger partial charge on any atom is 0.293 e. The molecule has 0 unspecified atom stereocenters. The zero-order chi connectivity index (χ0) is 24.8. The number of ether oxygens (including phenoxy) is 2. The van der Waals surface area contributed by atoms with Gasteiger partial charge in [-0.1, -0.05) is 60.2 Å². The summed E-state index contributed by atoms with van der Waals surface area (Å²) in [6.07, 6.45) is 3.30. The van der Waals surface area contributed by atoms with Gasteiger partial charge < -0.3 is 9.47 Å². The van der Waals surface area contributed by atoms with Crippen LogP contribution in [0.5, 0.6) is 11.5 Å². The Morgan fingerprint density at radius 2 is 1.74 bits per heavy atom. The second-order valence-corrected chi connectivity index (χ2v) is 10.4. The van der Waals surface area contributed by atoms with Crippen molar-refractivity contribution in [3.63, 3.8) is 0 Å². The van der Waals surface area contributed by atoms with Gasteiger partial charge >= 0.3 is 0 Å². The molecular formula is C28H26INO4S. The summed E-state index contributed by atoms with van der Waals surface area (Å²) in [4.78, 5) is 27.2. The molecule has 7 heteroatoms. The van der Waals surface area contributed by atoms with E-state index in [4.69, 9.17) is 9.47 Å². The maximum atomic E-state index is 12.9. The van der Waals surface area contributed by atoms with E-state index in [1.54, 1.807) is 13.2 Å². The van der Waals surface area contributed by atoms with Crippen LogP contribution in [0.1, 0.15) is 28.7 Å². The lowest BCUT2D eigenvalue weighted by Gasteiger charge is -2.14. The second-order valence-electron chi connectivity index (χ2n) is 8.23. The topological polar surface area (TPSA) is 55.8 Å². The molecule has 0 aromatic heterocycles. The molecule has 4 rings (SSSR count). The van der Waals surface area contributed by atoms with Gasteiger partial charge in [-0.3, -0.25) is 14.5 Å². The molecule has 0 aliphatic carbocycles. The van der Waals surface area contributed by atoms with Gasteiger partial charge in [0, 0.05) is 6.54 Å². The highest BCUT2D eigenvalue weighted by atomic mass is 127. The molecule has 0 atom stereocenters. The Hall–Kier alpha value is -2.78. The number of hydrogen-bond acceptors (Lipinski definition) is 5. The van der Waals surface area contributed by atoms with Gasteiger partial charge in [-0.15, -0.1) is 0 Å². The van der Waals surface area contributed by atoms with Gasteiger partial charge in [-0.2, -0.15) is 0 Å². The van der Waals surface area contributed by atoms with Crippen LogP contribution in [0.2, 0.25) is 0 Å². The second kappa shape index (κ2) is 11.8. The number of benzene rings is 3. The van der Waals surface area contributed by atoms with Crippen LogP contribution in [-0.4, -0.2) is 29.7 Å². The van der Waals surface area contributed by atoms with Crippen molar-refractivity contribution in [3.8, 4) is 11.5 Å². The van der Waals surface area contributed by atoms with Crippen LogP contribution in [-0.2, 0) is 17.8 Å². The van der Waals surface area contributed by atoms with Crippen LogP contribution in [0.3, 0.4) is 0 Å². The predicted molar refractivity (Wildman–Crippen MR) is 149 cm³/mol. The average Bonchev–Trinajstić information content (AvgIpc) is 3.12. The summed E-state index contributed by atoms with van der Waals surface area (Å²) in [7, 11) is 1.59. The standard InChI is InChI=1S/C28H26INO4S/c1-19-10-12-21(13-11-19)18-34-26-23(29)15-22(16-24(26)33-2)17-25-27(31)30(28(32)35-25)14-6-9-20-7-4-3-5-8-20/h3-5,7-8,10-13,15-17H,6,9,14,18H2,1-2H3/b25-17+. The van der Waals surface area contributed by atoms with Crippen molar-refractivity contribution in [3.05, 3.63) is 97.5 Å². The van der Waals surface area contributed by atoms with Crippen LogP contribution in [0.4, 0.5) is 4.79 Å². The van der Waals surface area contributed by atoms with Crippen molar-refractivity contribution in [2.45, 2.75) is 26.4 Å². The minimum absolute atomic E-state index is 0.228. The Kier molecular flexibility index (Phi) is 8.51. The highest BCUT2D eigenvalue weighted by Crippen LogP contribution is 2.37. The number of imide groups is 1. The highest BCUT2D eigenvalue weighted by molar-refractivity contribution is 14.1. The first-order chi connectivity index (χ1) is 16.9. The molecule has 1 heterocycles. The quantitative estimate of drug-likeness (QED) is 0.199. The van der Waals surface area contributed by atoms with Crippen LogP contribution in [0, 0.1) is 10.5 Å². The van der Waals surface area contributed by atoms with Crippen molar-refractivity contribution in [2.24, 2.45) is 0 Å². The van der Waals surface area contributed by atoms with E-state index in [1.165, 1.54) is 16.0 Å². The van der Waals surface area contributed by atoms with Crippen molar-refractivity contribution < 1.29 is 19.1 Å². The number of carbonyl (C=O) groups is 2. The Balaban J connectivity index is 1.44. The van der Waals surface area contributed by atoms with Gasteiger partial charge in [0.1, 0.15) is 6.61 Å². The summed E-state index contributed by atoms with van der Waals surface area (Å²) in [6, 6.07) is 22.0. The van der Waals surface area contributed by atoms with Crippen molar-refractivity contribution in [2.75, 3.05) is 13.7 Å². The van der Waals surface area contributed by atoms with Gasteiger partial charge in [0.2, 0.25) is 0 Å². The smallest absolute Gasteiger partial charge is 0.293 e. The van der Waals surface area contributed by atoms with E-state index in [2.05, 4.69) is 53.8 Å². The lowest BCUT2D eigenvalue weighted by Crippen LogP contribution is -2.29. The fourth-order valence-electron chi connectivity index (χ4n) is 3.73. The first-order valence-electron chi connectivity index (χ1n) is 11.3. The average molecular weight is 599 g/mol. The number of thioether (sulfide) groups is 1. The molecule has 1 aliphatic heterocycles. The Bertz CT molecular complexity index is 1240. The first kappa shape index (κ1) is 25.3. The summed E-state index contributed by atoms with van der Waals surface area (Å²) in [5.74, 6) is 0.985. The number of carbonyl (C=O) groups excluding carboxylic acids is 2. The van der Waals surface area contributed by atoms with Crippen LogP contribution in [0.25, 0.3) is 6.08 Å². The number of nitrogens with zero attached hydrogens (tertiary/aromatic N) is 1. The molecule has 0 saturated carbocycles. The molecule has 3 aromatic rings. The van der Waals surface area contributed by atoms with Crippen molar-refractivity contribution in [1.82, 2.24) is 4.90 Å². The summed E-state index contributed by atoms with van der Waals surface area (Å²) in [6.45, 7) is 2.88. The number of rotatable bonds is 9. The predicted octanol–water partition coefficient (Wildman–Crippen LogP) is 6.86. The third-order valence-corrected chi connectivity index (χ3v) is 7.33. The Morgan fingerprint density at radius 3 is 2.46 bits per heavy atom. The van der Waals surface area contributed by atoms with Crippen LogP contribution < -0.4 is 9.47 Å². The van der Waals surface area contributed by atoms with Gasteiger partial charge in [0.05, 0.1) is 15.6 Å². The Labute approximate surface area is 223 Å². The SMILES string of the molecule is COc1cc(/C=C2/SC(=O)N(CCCc3ccccc3)C2=O)cc(I)c1OCc1ccc(C)cc1. The fraction of sp³-hybridized carbons (Fsp3) is 0.214. The molecule has 1 aliphatic rings. The van der Waals surface area contributed by atoms with E-state index in [1.807, 2.05) is 42.5 Å². The number of methoxy groups -OCH3 is 1. The van der Waals surface area contributed by atoms with Crippen molar-refractivity contribution in [1.29, 1.82) is 0 Å². The molecule has 5 nitrogen and oxygen atoms in total. The fourth-order valence-corrected chi connectivity index (χ4v) is 5.38. The third kappa shape index (κ3) is 6.46. The molecular weight excluding hydrogens is 573 g/mol. The molecule has 2 amide bonds. The number of amides is 2. The number of hydrogen-bond donors (Lipinski definition) is 0. The molecule has 1 fully saturated rings. The van der Waals surface area contributed by atoms with Crippen LogP contribution in [0.15, 0.2) is 71.6 Å². The molecule has 0 N–H and O–H groups in total. The molecule has 180 valence electrons. The maximum absolute atomic E-state index is 12.9. The lowest BCUT2D eigenvalue weighted by molar-refractivity contribution is -0.122. The van der Waals surface area contributed by atoms with E-state index in [9.17, 15) is 9.59 Å². The molecule has 0 bridgehead atoms. The van der Waals surface area contributed by atoms with E-state index in [0.29, 0.717) is 29.6 Å². The van der Waals surface area contributed by atoms with E-state index < -0.39 is 0 Å². The van der Waals surface area contributed by atoms with Gasteiger partial charge in [0.25, 0.3) is 11.1 Å². The van der Waals surface area contributed by atoms with Crippen LogP contribution >= 0.6 is 34.4 Å². The van der Waals surface area contributed by atoms with Crippen molar-refractivity contribution >= 4 is 51.6 Å². The molecule has 0 spiro atoms. The summed E-state index contributed by atoms with van der Waals surface area (Å²) >= 11 is 3.18. The zero-order valence-corrected chi connectivity index (χ0v) is 22.6. The molecule has 0 radical (unpaired) electrons. The summed E-state index contributed by atoms with van der Waals surface area (Å²) < 4.78 is 12.5. The van der Waals surface area contributed by atoms with Gasteiger partial charge in [0.15, 0.2) is 11.5 Å². The minimum atomic E-state index is -0.248. The van der Waals surface area contributed by atoms with Gasteiger partial charge in [-0.05, 0) is 89.0 Å². The van der Waals surface area contributed by atoms with E-state index in [-0.39, 0.29) is 11.1 Å².